The normalized spacial score (nSPS) is 13.0. The van der Waals surface area contributed by atoms with Crippen molar-refractivity contribution in [3.8, 4) is 0 Å². The van der Waals surface area contributed by atoms with E-state index in [-0.39, 0.29) is 11.8 Å². The molecule has 0 aromatic heterocycles. The molecule has 0 radical (unpaired) electrons. The Morgan fingerprint density at radius 1 is 0.929 bits per heavy atom. The number of carbonyl (C=O) groups is 2. The molecule has 0 atom stereocenters. The maximum atomic E-state index is 13.0. The third kappa shape index (κ3) is 3.54. The molecule has 0 unspecified atom stereocenters. The van der Waals surface area contributed by atoms with Gasteiger partial charge in [-0.3, -0.25) is 9.59 Å². The third-order valence-corrected chi connectivity index (χ3v) is 5.12. The van der Waals surface area contributed by atoms with Crippen LogP contribution in [0.5, 0.6) is 0 Å². The highest BCUT2D eigenvalue weighted by Gasteiger charge is 2.24. The van der Waals surface area contributed by atoms with Crippen molar-refractivity contribution in [1.82, 2.24) is 0 Å². The minimum absolute atomic E-state index is 0.0102. The van der Waals surface area contributed by atoms with E-state index in [2.05, 4.69) is 5.32 Å². The van der Waals surface area contributed by atoms with Crippen LogP contribution in [0.25, 0.3) is 0 Å². The van der Waals surface area contributed by atoms with Crippen LogP contribution >= 0.6 is 0 Å². The molecule has 0 bridgehead atoms. The molecule has 0 saturated heterocycles. The molecule has 1 aliphatic heterocycles. The minimum atomic E-state index is -0.144. The lowest BCUT2D eigenvalue weighted by atomic mass is 10.00. The third-order valence-electron chi connectivity index (χ3n) is 5.12. The van der Waals surface area contributed by atoms with Gasteiger partial charge >= 0.3 is 0 Å². The molecule has 2 amide bonds. The fourth-order valence-corrected chi connectivity index (χ4v) is 3.63. The lowest BCUT2D eigenvalue weighted by Gasteiger charge is -2.30. The molecule has 1 heterocycles. The number of nitrogens with zero attached hydrogens (tertiary/aromatic N) is 1. The number of anilines is 2. The van der Waals surface area contributed by atoms with Crippen LogP contribution in [0, 0.1) is 6.92 Å². The Kier molecular flexibility index (Phi) is 4.94. The quantitative estimate of drug-likeness (QED) is 0.717. The maximum Gasteiger partial charge on any atom is 0.258 e. The minimum Gasteiger partial charge on any atom is -0.322 e. The zero-order valence-corrected chi connectivity index (χ0v) is 15.8. The van der Waals surface area contributed by atoms with Crippen LogP contribution < -0.4 is 10.2 Å². The van der Waals surface area contributed by atoms with Crippen molar-refractivity contribution in [2.75, 3.05) is 16.8 Å². The van der Waals surface area contributed by atoms with Gasteiger partial charge in [-0.05, 0) is 61.2 Å². The molecule has 0 spiro atoms. The average molecular weight is 370 g/mol. The molecule has 0 saturated carbocycles. The molecule has 28 heavy (non-hydrogen) atoms. The summed E-state index contributed by atoms with van der Waals surface area (Å²) < 4.78 is 0. The highest BCUT2D eigenvalue weighted by atomic mass is 16.2. The first-order valence-electron chi connectivity index (χ1n) is 9.50. The van der Waals surface area contributed by atoms with Gasteiger partial charge in [-0.25, -0.2) is 0 Å². The predicted molar refractivity (Wildman–Crippen MR) is 112 cm³/mol. The Labute approximate surface area is 164 Å². The number of fused-ring (bicyclic) bond motifs is 1. The number of hydrogen-bond acceptors (Lipinski definition) is 2. The Morgan fingerprint density at radius 3 is 2.46 bits per heavy atom. The van der Waals surface area contributed by atoms with Gasteiger partial charge in [0.1, 0.15) is 0 Å². The van der Waals surface area contributed by atoms with Gasteiger partial charge < -0.3 is 10.2 Å². The number of amides is 2. The summed E-state index contributed by atoms with van der Waals surface area (Å²) in [7, 11) is 0. The summed E-state index contributed by atoms with van der Waals surface area (Å²) >= 11 is 0. The molecule has 3 aromatic carbocycles. The van der Waals surface area contributed by atoms with Gasteiger partial charge in [0.05, 0.1) is 0 Å². The van der Waals surface area contributed by atoms with Gasteiger partial charge in [-0.15, -0.1) is 0 Å². The smallest absolute Gasteiger partial charge is 0.258 e. The van der Waals surface area contributed by atoms with E-state index in [1.807, 2.05) is 84.6 Å². The second-order valence-corrected chi connectivity index (χ2v) is 7.04. The average Bonchev–Trinajstić information content (AvgIpc) is 2.73. The van der Waals surface area contributed by atoms with Gasteiger partial charge in [0, 0.05) is 29.0 Å². The molecule has 0 aliphatic carbocycles. The topological polar surface area (TPSA) is 49.4 Å². The highest BCUT2D eigenvalue weighted by molar-refractivity contribution is 6.08. The van der Waals surface area contributed by atoms with Crippen LogP contribution in [0.2, 0.25) is 0 Å². The fourth-order valence-electron chi connectivity index (χ4n) is 3.63. The molecule has 0 fully saturated rings. The fraction of sp³-hybridized carbons (Fsp3) is 0.167. The molecular weight excluding hydrogens is 348 g/mol. The zero-order chi connectivity index (χ0) is 19.5. The Bertz CT molecular complexity index is 1030. The summed E-state index contributed by atoms with van der Waals surface area (Å²) in [5.41, 5.74) is 4.95. The van der Waals surface area contributed by atoms with E-state index < -0.39 is 0 Å². The van der Waals surface area contributed by atoms with Crippen molar-refractivity contribution in [2.45, 2.75) is 19.8 Å². The van der Waals surface area contributed by atoms with Crippen LogP contribution in [-0.4, -0.2) is 18.4 Å². The zero-order valence-electron chi connectivity index (χ0n) is 15.8. The van der Waals surface area contributed by atoms with Crippen LogP contribution in [0.1, 0.15) is 38.3 Å². The molecule has 1 aliphatic rings. The first-order chi connectivity index (χ1) is 13.6. The second-order valence-electron chi connectivity index (χ2n) is 7.04. The van der Waals surface area contributed by atoms with Gasteiger partial charge in [-0.1, -0.05) is 42.5 Å². The molecular formula is C24H22N2O2. The lowest BCUT2D eigenvalue weighted by Crippen LogP contribution is -2.35. The van der Waals surface area contributed by atoms with Crippen molar-refractivity contribution in [2.24, 2.45) is 0 Å². The van der Waals surface area contributed by atoms with Gasteiger partial charge in [0.2, 0.25) is 0 Å². The lowest BCUT2D eigenvalue weighted by molar-refractivity contribution is 0.0984. The van der Waals surface area contributed by atoms with E-state index in [0.29, 0.717) is 23.4 Å². The highest BCUT2D eigenvalue weighted by Crippen LogP contribution is 2.31. The molecule has 4 rings (SSSR count). The van der Waals surface area contributed by atoms with E-state index in [0.717, 1.165) is 29.7 Å². The van der Waals surface area contributed by atoms with Crippen LogP contribution in [0.4, 0.5) is 11.4 Å². The largest absolute Gasteiger partial charge is 0.322 e. The van der Waals surface area contributed by atoms with Crippen molar-refractivity contribution < 1.29 is 9.59 Å². The summed E-state index contributed by atoms with van der Waals surface area (Å²) in [4.78, 5) is 27.5. The van der Waals surface area contributed by atoms with E-state index >= 15 is 0 Å². The number of nitrogens with one attached hydrogen (secondary N) is 1. The maximum absolute atomic E-state index is 13.0. The number of aryl methyl sites for hydroxylation is 2. The summed E-state index contributed by atoms with van der Waals surface area (Å²) in [6, 6.07) is 22.6. The molecule has 4 nitrogen and oxygen atoms in total. The summed E-state index contributed by atoms with van der Waals surface area (Å²) in [6.07, 6.45) is 1.86. The van der Waals surface area contributed by atoms with E-state index in [1.165, 1.54) is 0 Å². The number of rotatable bonds is 3. The second kappa shape index (κ2) is 7.69. The predicted octanol–water partition coefficient (Wildman–Crippen LogP) is 4.84. The molecule has 3 aromatic rings. The Morgan fingerprint density at radius 2 is 1.68 bits per heavy atom. The molecule has 1 N–H and O–H groups in total. The molecule has 4 heteroatoms. The van der Waals surface area contributed by atoms with Crippen LogP contribution in [-0.2, 0) is 6.42 Å². The molecule has 140 valence electrons. The van der Waals surface area contributed by atoms with E-state index in [4.69, 9.17) is 0 Å². The summed E-state index contributed by atoms with van der Waals surface area (Å²) in [6.45, 7) is 2.60. The number of carbonyl (C=O) groups excluding carboxylic acids is 2. The summed E-state index contributed by atoms with van der Waals surface area (Å²) in [5.74, 6) is -0.154. The SMILES string of the molecule is Cc1ccccc1C(=O)Nc1ccc2c(c1)N(C(=O)c1ccccc1)CCC2. The number of hydrogen-bond donors (Lipinski definition) is 1. The Hall–Kier alpha value is -3.40. The van der Waals surface area contributed by atoms with Crippen molar-refractivity contribution in [3.05, 3.63) is 95.1 Å². The van der Waals surface area contributed by atoms with E-state index in [9.17, 15) is 9.59 Å². The summed E-state index contributed by atoms with van der Waals surface area (Å²) in [5, 5.41) is 2.97. The van der Waals surface area contributed by atoms with Crippen LogP contribution in [0.3, 0.4) is 0 Å². The van der Waals surface area contributed by atoms with Gasteiger partial charge in [-0.2, -0.15) is 0 Å². The monoisotopic (exact) mass is 370 g/mol. The van der Waals surface area contributed by atoms with Gasteiger partial charge in [0.25, 0.3) is 11.8 Å². The van der Waals surface area contributed by atoms with E-state index in [1.54, 1.807) is 0 Å². The Balaban J connectivity index is 1.62. The van der Waals surface area contributed by atoms with Crippen molar-refractivity contribution in [1.29, 1.82) is 0 Å². The first-order valence-corrected chi connectivity index (χ1v) is 9.50. The standard InChI is InChI=1S/C24H22N2O2/c1-17-8-5-6-12-21(17)23(27)25-20-14-13-18-11-7-15-26(22(18)16-20)24(28)19-9-3-2-4-10-19/h2-6,8-10,12-14,16H,7,11,15H2,1H3,(H,25,27). The van der Waals surface area contributed by atoms with Crippen LogP contribution in [0.15, 0.2) is 72.8 Å². The van der Waals surface area contributed by atoms with Crippen molar-refractivity contribution in [3.63, 3.8) is 0 Å². The first kappa shape index (κ1) is 18.0. The van der Waals surface area contributed by atoms with Gasteiger partial charge in [0.15, 0.2) is 0 Å². The number of benzene rings is 3. The van der Waals surface area contributed by atoms with Crippen molar-refractivity contribution >= 4 is 23.2 Å².